The summed E-state index contributed by atoms with van der Waals surface area (Å²) in [4.78, 5) is 6.36. The van der Waals surface area contributed by atoms with Crippen LogP contribution < -0.4 is 14.7 Å². The highest BCUT2D eigenvalue weighted by Crippen LogP contribution is 2.57. The van der Waals surface area contributed by atoms with Gasteiger partial charge in [-0.15, -0.1) is 0 Å². The van der Waals surface area contributed by atoms with Crippen LogP contribution in [0.15, 0.2) is 102 Å². The number of aliphatic hydroxyl groups is 1. The van der Waals surface area contributed by atoms with Crippen molar-refractivity contribution in [2.75, 3.05) is 57.0 Å². The predicted octanol–water partition coefficient (Wildman–Crippen LogP) is 8.08. The number of rotatable bonds is 5. The van der Waals surface area contributed by atoms with E-state index in [1.54, 1.807) is 0 Å². The van der Waals surface area contributed by atoms with Crippen LogP contribution in [0.4, 0.5) is 17.1 Å². The third-order valence-electron chi connectivity index (χ3n) is 9.85. The number of nitrogens with zero attached hydrogens (tertiary/aromatic N) is 5. The van der Waals surface area contributed by atoms with Crippen LogP contribution in [0.25, 0.3) is 43.1 Å². The summed E-state index contributed by atoms with van der Waals surface area (Å²) in [6, 6.07) is 35.9. The van der Waals surface area contributed by atoms with Crippen LogP contribution >= 0.6 is 0 Å². The number of anilines is 3. The van der Waals surface area contributed by atoms with Crippen molar-refractivity contribution in [3.63, 3.8) is 0 Å². The molecule has 6 aromatic rings. The second-order valence-corrected chi connectivity index (χ2v) is 13.1. The SMILES string of the molecule is CN(C)c1ccc(C2C(=C(C#N)C#N)C(c3ccc(N(C)C)c4c(N(C)C)c5ccccc5cc34)C2O)c2cc3ccccc3cc12. The first kappa shape index (κ1) is 30.1. The average molecular weight is 616 g/mol. The molecule has 1 N–H and O–H groups in total. The van der Waals surface area contributed by atoms with Crippen LogP contribution in [-0.4, -0.2) is 53.5 Å². The lowest BCUT2D eigenvalue weighted by Crippen LogP contribution is -2.42. The Morgan fingerprint density at radius 3 is 1.66 bits per heavy atom. The second-order valence-electron chi connectivity index (χ2n) is 13.1. The molecule has 7 rings (SSSR count). The lowest BCUT2D eigenvalue weighted by atomic mass is 9.59. The molecule has 0 aromatic heterocycles. The Balaban J connectivity index is 1.51. The van der Waals surface area contributed by atoms with Crippen LogP contribution in [0.2, 0.25) is 0 Å². The van der Waals surface area contributed by atoms with Gasteiger partial charge in [0.1, 0.15) is 17.7 Å². The summed E-state index contributed by atoms with van der Waals surface area (Å²) in [5, 5.41) is 41.5. The molecule has 1 fully saturated rings. The molecule has 0 bridgehead atoms. The molecule has 1 aliphatic rings. The van der Waals surface area contributed by atoms with E-state index in [4.69, 9.17) is 0 Å². The first-order chi connectivity index (χ1) is 22.7. The van der Waals surface area contributed by atoms with Crippen molar-refractivity contribution in [2.45, 2.75) is 17.9 Å². The highest BCUT2D eigenvalue weighted by atomic mass is 16.3. The molecule has 0 saturated heterocycles. The Bertz CT molecular complexity index is 2340. The first-order valence-electron chi connectivity index (χ1n) is 15.8. The zero-order valence-electron chi connectivity index (χ0n) is 27.6. The number of hydrogen-bond acceptors (Lipinski definition) is 6. The fourth-order valence-electron chi connectivity index (χ4n) is 7.77. The summed E-state index contributed by atoms with van der Waals surface area (Å²) in [5.41, 5.74) is 5.80. The number of allylic oxidation sites excluding steroid dienone is 1. The van der Waals surface area contributed by atoms with Crippen molar-refractivity contribution in [2.24, 2.45) is 0 Å². The van der Waals surface area contributed by atoms with Crippen LogP contribution in [0.1, 0.15) is 23.0 Å². The molecule has 0 amide bonds. The van der Waals surface area contributed by atoms with Crippen LogP contribution in [0.3, 0.4) is 0 Å². The molecule has 1 aliphatic carbocycles. The van der Waals surface area contributed by atoms with Gasteiger partial charge in [-0.3, -0.25) is 0 Å². The van der Waals surface area contributed by atoms with Crippen molar-refractivity contribution < 1.29 is 5.11 Å². The minimum Gasteiger partial charge on any atom is -0.391 e. The van der Waals surface area contributed by atoms with E-state index in [1.807, 2.05) is 46.4 Å². The fourth-order valence-corrected chi connectivity index (χ4v) is 7.77. The van der Waals surface area contributed by atoms with Crippen molar-refractivity contribution in [3.8, 4) is 12.1 Å². The molecule has 0 heterocycles. The van der Waals surface area contributed by atoms with E-state index in [0.717, 1.165) is 71.3 Å². The smallest absolute Gasteiger partial charge is 0.130 e. The summed E-state index contributed by atoms with van der Waals surface area (Å²) >= 11 is 0. The number of aliphatic hydroxyl groups excluding tert-OH is 1. The Labute approximate surface area is 275 Å². The van der Waals surface area contributed by atoms with Gasteiger partial charge in [0.2, 0.25) is 0 Å². The highest BCUT2D eigenvalue weighted by molar-refractivity contribution is 6.17. The number of benzene rings is 6. The molecule has 6 aromatic carbocycles. The van der Waals surface area contributed by atoms with Crippen LogP contribution in [0.5, 0.6) is 0 Å². The average Bonchev–Trinajstić information content (AvgIpc) is 3.06. The molecule has 6 nitrogen and oxygen atoms in total. The maximum Gasteiger partial charge on any atom is 0.130 e. The van der Waals surface area contributed by atoms with Gasteiger partial charge in [-0.25, -0.2) is 0 Å². The van der Waals surface area contributed by atoms with E-state index in [1.165, 1.54) is 0 Å². The van der Waals surface area contributed by atoms with Crippen molar-refractivity contribution in [1.29, 1.82) is 10.5 Å². The van der Waals surface area contributed by atoms with Gasteiger partial charge >= 0.3 is 0 Å². The Hall–Kier alpha value is -5.56. The summed E-state index contributed by atoms with van der Waals surface area (Å²) in [5.74, 6) is -1.03. The molecule has 0 aliphatic heterocycles. The van der Waals surface area contributed by atoms with E-state index in [0.29, 0.717) is 5.57 Å². The zero-order chi connectivity index (χ0) is 33.1. The molecule has 0 radical (unpaired) electrons. The van der Waals surface area contributed by atoms with E-state index in [-0.39, 0.29) is 5.57 Å². The molecular formula is C41H37N5O. The molecule has 6 heteroatoms. The normalized spacial score (nSPS) is 17.4. The van der Waals surface area contributed by atoms with Crippen molar-refractivity contribution in [1.82, 2.24) is 0 Å². The van der Waals surface area contributed by atoms with E-state index >= 15 is 0 Å². The third kappa shape index (κ3) is 4.56. The zero-order valence-corrected chi connectivity index (χ0v) is 27.6. The van der Waals surface area contributed by atoms with Gasteiger partial charge in [0, 0.05) is 81.7 Å². The predicted molar refractivity (Wildman–Crippen MR) is 196 cm³/mol. The molecule has 47 heavy (non-hydrogen) atoms. The lowest BCUT2D eigenvalue weighted by Gasteiger charge is -2.46. The van der Waals surface area contributed by atoms with Gasteiger partial charge in [0.15, 0.2) is 0 Å². The summed E-state index contributed by atoms with van der Waals surface area (Å²) in [6.45, 7) is 0. The number of hydrogen-bond donors (Lipinski definition) is 1. The van der Waals surface area contributed by atoms with Gasteiger partial charge in [-0.05, 0) is 74.0 Å². The minimum absolute atomic E-state index is 0.0642. The molecule has 1 saturated carbocycles. The monoisotopic (exact) mass is 615 g/mol. The second kappa shape index (κ2) is 11.4. The van der Waals surface area contributed by atoms with Gasteiger partial charge in [0.05, 0.1) is 11.8 Å². The molecular weight excluding hydrogens is 578 g/mol. The van der Waals surface area contributed by atoms with E-state index in [2.05, 4.69) is 114 Å². The van der Waals surface area contributed by atoms with Gasteiger partial charge < -0.3 is 19.8 Å². The minimum atomic E-state index is -0.843. The van der Waals surface area contributed by atoms with Crippen molar-refractivity contribution >= 4 is 60.2 Å². The molecule has 3 atom stereocenters. The van der Waals surface area contributed by atoms with Crippen molar-refractivity contribution in [3.05, 3.63) is 113 Å². The Kier molecular flexibility index (Phi) is 7.27. The standard InChI is InChI=1S/C41H37N5O/c1-44(2)34-17-15-29(31-19-24-11-7-8-12-25(24)20-32(31)34)38-36(27(22-42)23-43)39(41(38)47)30-16-18-35(45(3)4)37-33(30)21-26-13-9-10-14-28(26)40(37)46(5)6/h7-21,38-39,41,47H,1-6H3. The van der Waals surface area contributed by atoms with Gasteiger partial charge in [0.25, 0.3) is 0 Å². The highest BCUT2D eigenvalue weighted by Gasteiger charge is 2.50. The van der Waals surface area contributed by atoms with Gasteiger partial charge in [-0.2, -0.15) is 10.5 Å². The lowest BCUT2D eigenvalue weighted by molar-refractivity contribution is 0.0871. The quantitative estimate of drug-likeness (QED) is 0.156. The fraction of sp³-hybridized carbons (Fsp3) is 0.220. The maximum absolute atomic E-state index is 12.3. The maximum atomic E-state index is 12.3. The Morgan fingerprint density at radius 2 is 1.09 bits per heavy atom. The molecule has 232 valence electrons. The third-order valence-corrected chi connectivity index (χ3v) is 9.85. The van der Waals surface area contributed by atoms with E-state index in [9.17, 15) is 15.6 Å². The van der Waals surface area contributed by atoms with Gasteiger partial charge in [-0.1, -0.05) is 60.7 Å². The molecule has 3 unspecified atom stereocenters. The summed E-state index contributed by atoms with van der Waals surface area (Å²) < 4.78 is 0. The summed E-state index contributed by atoms with van der Waals surface area (Å²) in [6.07, 6.45) is -0.843. The van der Waals surface area contributed by atoms with E-state index < -0.39 is 17.9 Å². The Morgan fingerprint density at radius 1 is 0.574 bits per heavy atom. The first-order valence-corrected chi connectivity index (χ1v) is 15.8. The summed E-state index contributed by atoms with van der Waals surface area (Å²) in [7, 11) is 12.3. The number of nitriles is 2. The number of fused-ring (bicyclic) bond motifs is 4. The largest absolute Gasteiger partial charge is 0.391 e. The topological polar surface area (TPSA) is 77.5 Å². The molecule has 0 spiro atoms. The van der Waals surface area contributed by atoms with Crippen LogP contribution in [0, 0.1) is 22.7 Å². The van der Waals surface area contributed by atoms with Crippen LogP contribution in [-0.2, 0) is 0 Å².